The van der Waals surface area contributed by atoms with Gasteiger partial charge >= 0.3 is 0 Å². The number of nitrogens with zero attached hydrogens (tertiary/aromatic N) is 1. The number of benzene rings is 1. The Labute approximate surface area is 144 Å². The molecule has 0 aromatic heterocycles. The minimum Gasteiger partial charge on any atom is -0.331 e. The lowest BCUT2D eigenvalue weighted by molar-refractivity contribution is 0.0533. The lowest BCUT2D eigenvalue weighted by Gasteiger charge is -2.38. The highest BCUT2D eigenvalue weighted by molar-refractivity contribution is 5.96. The smallest absolute Gasteiger partial charge is 0.254 e. The van der Waals surface area contributed by atoms with E-state index in [-0.39, 0.29) is 30.2 Å². The molecule has 1 heterocycles. The van der Waals surface area contributed by atoms with Crippen LogP contribution in [-0.4, -0.2) is 36.0 Å². The van der Waals surface area contributed by atoms with Crippen LogP contribution in [0.2, 0.25) is 0 Å². The molecule has 1 aromatic rings. The van der Waals surface area contributed by atoms with Gasteiger partial charge in [0.05, 0.1) is 0 Å². The molecule has 128 valence electrons. The van der Waals surface area contributed by atoms with Gasteiger partial charge in [-0.05, 0) is 50.4 Å². The minimum absolute atomic E-state index is 0. The second-order valence-corrected chi connectivity index (χ2v) is 6.56. The molecule has 1 saturated carbocycles. The summed E-state index contributed by atoms with van der Waals surface area (Å²) < 4.78 is 13.8. The van der Waals surface area contributed by atoms with E-state index in [0.717, 1.165) is 32.4 Å². The van der Waals surface area contributed by atoms with E-state index in [1.807, 2.05) is 0 Å². The molecule has 3 nitrogen and oxygen atoms in total. The first-order valence-electron chi connectivity index (χ1n) is 8.47. The molecule has 1 atom stereocenters. The van der Waals surface area contributed by atoms with Gasteiger partial charge in [-0.15, -0.1) is 12.4 Å². The van der Waals surface area contributed by atoms with Gasteiger partial charge in [-0.2, -0.15) is 0 Å². The average molecular weight is 341 g/mol. The van der Waals surface area contributed by atoms with Crippen molar-refractivity contribution in [3.05, 3.63) is 35.1 Å². The summed E-state index contributed by atoms with van der Waals surface area (Å²) in [6.45, 7) is 3.52. The van der Waals surface area contributed by atoms with Crippen molar-refractivity contribution in [3.63, 3.8) is 0 Å². The van der Waals surface area contributed by atoms with Crippen molar-refractivity contribution in [2.45, 2.75) is 57.5 Å². The Bertz CT molecular complexity index is 540. The molecule has 0 spiro atoms. The molecule has 3 rings (SSSR count). The highest BCUT2D eigenvalue weighted by atomic mass is 35.5. The first kappa shape index (κ1) is 18.2. The van der Waals surface area contributed by atoms with E-state index < -0.39 is 0 Å². The second-order valence-electron chi connectivity index (χ2n) is 6.56. The minimum atomic E-state index is -0.293. The van der Waals surface area contributed by atoms with E-state index >= 15 is 0 Å². The third kappa shape index (κ3) is 3.86. The van der Waals surface area contributed by atoms with Crippen molar-refractivity contribution in [1.29, 1.82) is 0 Å². The van der Waals surface area contributed by atoms with Crippen LogP contribution in [-0.2, 0) is 0 Å². The van der Waals surface area contributed by atoms with Crippen LogP contribution in [0.4, 0.5) is 4.39 Å². The van der Waals surface area contributed by atoms with Crippen LogP contribution in [0.3, 0.4) is 0 Å². The van der Waals surface area contributed by atoms with E-state index in [0.29, 0.717) is 17.2 Å². The Hall–Kier alpha value is -1.13. The molecule has 1 N–H and O–H groups in total. The largest absolute Gasteiger partial charge is 0.331 e. The molecule has 1 aromatic carbocycles. The quantitative estimate of drug-likeness (QED) is 0.910. The van der Waals surface area contributed by atoms with Gasteiger partial charge in [-0.25, -0.2) is 4.39 Å². The van der Waals surface area contributed by atoms with Gasteiger partial charge in [0.15, 0.2) is 0 Å². The number of carbonyl (C=O) groups is 1. The van der Waals surface area contributed by atoms with Crippen LogP contribution in [0.5, 0.6) is 0 Å². The Morgan fingerprint density at radius 3 is 2.57 bits per heavy atom. The average Bonchev–Trinajstić information content (AvgIpc) is 3.05. The van der Waals surface area contributed by atoms with Crippen LogP contribution >= 0.6 is 12.4 Å². The number of rotatable bonds is 3. The summed E-state index contributed by atoms with van der Waals surface area (Å²) in [4.78, 5) is 15.2. The van der Waals surface area contributed by atoms with Crippen LogP contribution in [0.15, 0.2) is 18.2 Å². The lowest BCUT2D eigenvalue weighted by atomic mass is 9.92. The zero-order valence-corrected chi connectivity index (χ0v) is 14.5. The number of nitrogens with one attached hydrogen (secondary N) is 1. The van der Waals surface area contributed by atoms with E-state index in [1.54, 1.807) is 19.1 Å². The SMILES string of the molecule is Cc1c(F)cccc1C(=O)N(C1CCCCC1)[C@H]1CCNC1.Cl. The molecule has 2 aliphatic rings. The van der Waals surface area contributed by atoms with E-state index in [9.17, 15) is 9.18 Å². The molecule has 0 bridgehead atoms. The van der Waals surface area contributed by atoms with E-state index in [4.69, 9.17) is 0 Å². The lowest BCUT2D eigenvalue weighted by Crippen LogP contribution is -2.49. The van der Waals surface area contributed by atoms with E-state index in [1.165, 1.54) is 25.3 Å². The molecular formula is C18H26ClFN2O. The van der Waals surface area contributed by atoms with E-state index in [2.05, 4.69) is 10.2 Å². The molecular weight excluding hydrogens is 315 g/mol. The van der Waals surface area contributed by atoms with Gasteiger partial charge in [0.1, 0.15) is 5.82 Å². The van der Waals surface area contributed by atoms with Crippen molar-refractivity contribution >= 4 is 18.3 Å². The molecule has 23 heavy (non-hydrogen) atoms. The predicted molar refractivity (Wildman–Crippen MR) is 92.7 cm³/mol. The topological polar surface area (TPSA) is 32.3 Å². The standard InChI is InChI=1S/C18H25FN2O.ClH/c1-13-16(8-5-9-17(13)19)18(22)21(15-10-11-20-12-15)14-6-3-2-4-7-14;/h5,8-9,14-15,20H,2-4,6-7,10-12H2,1H3;1H/t15-;/m0./s1. The predicted octanol–water partition coefficient (Wildman–Crippen LogP) is 3.69. The summed E-state index contributed by atoms with van der Waals surface area (Å²) in [6.07, 6.45) is 6.80. The fourth-order valence-corrected chi connectivity index (χ4v) is 3.84. The maximum absolute atomic E-state index is 13.8. The third-order valence-corrected chi connectivity index (χ3v) is 5.13. The molecule has 2 fully saturated rings. The summed E-state index contributed by atoms with van der Waals surface area (Å²) >= 11 is 0. The van der Waals surface area contributed by atoms with Gasteiger partial charge in [0.25, 0.3) is 5.91 Å². The van der Waals surface area contributed by atoms with Gasteiger partial charge in [-0.1, -0.05) is 25.3 Å². The maximum atomic E-state index is 13.8. The maximum Gasteiger partial charge on any atom is 0.254 e. The number of carbonyl (C=O) groups excluding carboxylic acids is 1. The van der Waals surface area contributed by atoms with Crippen molar-refractivity contribution in [2.24, 2.45) is 0 Å². The van der Waals surface area contributed by atoms with Crippen LogP contribution < -0.4 is 5.32 Å². The van der Waals surface area contributed by atoms with Crippen molar-refractivity contribution < 1.29 is 9.18 Å². The molecule has 0 radical (unpaired) electrons. The van der Waals surface area contributed by atoms with Gasteiger partial charge < -0.3 is 10.2 Å². The van der Waals surface area contributed by atoms with Crippen molar-refractivity contribution in [3.8, 4) is 0 Å². The Kier molecular flexibility index (Phi) is 6.42. The Balaban J connectivity index is 0.00000192. The Morgan fingerprint density at radius 1 is 1.17 bits per heavy atom. The molecule has 1 amide bonds. The summed E-state index contributed by atoms with van der Waals surface area (Å²) in [5, 5.41) is 3.36. The highest BCUT2D eigenvalue weighted by Gasteiger charge is 2.34. The molecule has 1 saturated heterocycles. The van der Waals surface area contributed by atoms with Crippen molar-refractivity contribution in [1.82, 2.24) is 10.2 Å². The summed E-state index contributed by atoms with van der Waals surface area (Å²) in [5.41, 5.74) is 0.997. The number of halogens is 2. The second kappa shape index (κ2) is 8.11. The zero-order valence-electron chi connectivity index (χ0n) is 13.7. The fraction of sp³-hybridized carbons (Fsp3) is 0.611. The highest BCUT2D eigenvalue weighted by Crippen LogP contribution is 2.28. The van der Waals surface area contributed by atoms with Gasteiger partial charge in [-0.3, -0.25) is 4.79 Å². The van der Waals surface area contributed by atoms with Crippen LogP contribution in [0.25, 0.3) is 0 Å². The Morgan fingerprint density at radius 2 is 1.91 bits per heavy atom. The van der Waals surface area contributed by atoms with Gasteiger partial charge in [0, 0.05) is 24.2 Å². The fourth-order valence-electron chi connectivity index (χ4n) is 3.84. The zero-order chi connectivity index (χ0) is 15.5. The first-order chi connectivity index (χ1) is 10.7. The number of amides is 1. The molecule has 0 unspecified atom stereocenters. The van der Waals surface area contributed by atoms with Crippen LogP contribution in [0, 0.1) is 12.7 Å². The number of hydrogen-bond acceptors (Lipinski definition) is 2. The number of hydrogen-bond donors (Lipinski definition) is 1. The summed E-state index contributed by atoms with van der Waals surface area (Å²) in [5.74, 6) is -0.281. The van der Waals surface area contributed by atoms with Crippen LogP contribution in [0.1, 0.15) is 54.4 Å². The summed E-state index contributed by atoms with van der Waals surface area (Å²) in [7, 11) is 0. The summed E-state index contributed by atoms with van der Waals surface area (Å²) in [6, 6.07) is 5.39. The molecule has 5 heteroatoms. The first-order valence-corrected chi connectivity index (χ1v) is 8.47. The normalized spacial score (nSPS) is 21.7. The monoisotopic (exact) mass is 340 g/mol. The van der Waals surface area contributed by atoms with Gasteiger partial charge in [0.2, 0.25) is 0 Å². The third-order valence-electron chi connectivity index (χ3n) is 5.13. The molecule has 1 aliphatic carbocycles. The molecule has 1 aliphatic heterocycles. The van der Waals surface area contributed by atoms with Crippen molar-refractivity contribution in [2.75, 3.05) is 13.1 Å².